The van der Waals surface area contributed by atoms with Gasteiger partial charge in [0.15, 0.2) is 0 Å². The van der Waals surface area contributed by atoms with Gasteiger partial charge in [0, 0.05) is 39.1 Å². The summed E-state index contributed by atoms with van der Waals surface area (Å²) in [6.07, 6.45) is 3.52. The molecule has 1 amide bonds. The van der Waals surface area contributed by atoms with E-state index >= 15 is 0 Å². The van der Waals surface area contributed by atoms with Gasteiger partial charge in [-0.1, -0.05) is 20.8 Å². The minimum atomic E-state index is -3.47. The van der Waals surface area contributed by atoms with Crippen LogP contribution in [0.4, 0.5) is 0 Å². The molecule has 1 N–H and O–H groups in total. The Kier molecular flexibility index (Phi) is 6.45. The first kappa shape index (κ1) is 18.7. The maximum Gasteiger partial charge on any atom is 0.279 e. The van der Waals surface area contributed by atoms with Crippen molar-refractivity contribution >= 4 is 16.1 Å². The van der Waals surface area contributed by atoms with Crippen LogP contribution in [0.5, 0.6) is 0 Å². The average Bonchev–Trinajstić information content (AvgIpc) is 2.46. The third-order valence-electron chi connectivity index (χ3n) is 4.81. The Labute approximate surface area is 140 Å². The molecule has 0 radical (unpaired) electrons. The highest BCUT2D eigenvalue weighted by atomic mass is 32.2. The van der Waals surface area contributed by atoms with Crippen molar-refractivity contribution in [3.8, 4) is 0 Å². The van der Waals surface area contributed by atoms with Crippen molar-refractivity contribution in [1.29, 1.82) is 0 Å². The number of carbonyl (C=O) groups is 1. The van der Waals surface area contributed by atoms with Crippen molar-refractivity contribution in [3.05, 3.63) is 0 Å². The Morgan fingerprint density at radius 2 is 1.74 bits per heavy atom. The second-order valence-corrected chi connectivity index (χ2v) is 9.25. The Morgan fingerprint density at radius 3 is 2.35 bits per heavy atom. The van der Waals surface area contributed by atoms with E-state index in [2.05, 4.69) is 25.5 Å². The van der Waals surface area contributed by atoms with E-state index in [1.54, 1.807) is 0 Å². The summed E-state index contributed by atoms with van der Waals surface area (Å²) in [6, 6.07) is 0. The molecule has 2 aliphatic heterocycles. The first-order valence-corrected chi connectivity index (χ1v) is 10.2. The second-order valence-electron chi connectivity index (χ2n) is 7.50. The largest absolute Gasteiger partial charge is 0.342 e. The highest BCUT2D eigenvalue weighted by molar-refractivity contribution is 7.87. The van der Waals surface area contributed by atoms with Crippen molar-refractivity contribution in [1.82, 2.24) is 13.9 Å². The lowest BCUT2D eigenvalue weighted by Gasteiger charge is -2.34. The highest BCUT2D eigenvalue weighted by Crippen LogP contribution is 2.22. The van der Waals surface area contributed by atoms with E-state index in [1.807, 2.05) is 4.90 Å². The number of rotatable bonds is 5. The zero-order chi connectivity index (χ0) is 17.0. The number of carbonyl (C=O) groups excluding carboxylic acids is 1. The molecule has 3 atom stereocenters. The van der Waals surface area contributed by atoms with E-state index in [4.69, 9.17) is 0 Å². The van der Waals surface area contributed by atoms with E-state index in [1.165, 1.54) is 10.7 Å². The van der Waals surface area contributed by atoms with Crippen molar-refractivity contribution in [2.45, 2.75) is 46.5 Å². The zero-order valence-electron chi connectivity index (χ0n) is 14.6. The molecular weight excluding hydrogens is 314 g/mol. The van der Waals surface area contributed by atoms with Crippen molar-refractivity contribution in [3.63, 3.8) is 0 Å². The lowest BCUT2D eigenvalue weighted by atomic mass is 9.94. The number of piperidine rings is 2. The summed E-state index contributed by atoms with van der Waals surface area (Å²) in [5.74, 6) is 1.36. The SMILES string of the molecule is C[C@@H]1C[C@H](C)CN(S(=O)(=O)NCCC(=O)N2CCC[C@H](C)C2)C1. The molecule has 2 heterocycles. The quantitative estimate of drug-likeness (QED) is 0.820. The minimum absolute atomic E-state index is 0.0552. The van der Waals surface area contributed by atoms with E-state index in [0.29, 0.717) is 30.8 Å². The Hall–Kier alpha value is -0.660. The summed E-state index contributed by atoms with van der Waals surface area (Å²) < 4.78 is 28.9. The van der Waals surface area contributed by atoms with Gasteiger partial charge in [-0.15, -0.1) is 0 Å². The van der Waals surface area contributed by atoms with Gasteiger partial charge >= 0.3 is 0 Å². The molecule has 2 rings (SSSR count). The maximum atomic E-state index is 12.4. The van der Waals surface area contributed by atoms with Crippen LogP contribution in [0.25, 0.3) is 0 Å². The van der Waals surface area contributed by atoms with Crippen LogP contribution in [0.1, 0.15) is 46.5 Å². The minimum Gasteiger partial charge on any atom is -0.342 e. The van der Waals surface area contributed by atoms with Gasteiger partial charge in [-0.25, -0.2) is 4.72 Å². The van der Waals surface area contributed by atoms with E-state index < -0.39 is 10.2 Å². The summed E-state index contributed by atoms with van der Waals surface area (Å²) >= 11 is 0. The summed E-state index contributed by atoms with van der Waals surface area (Å²) in [6.45, 7) is 9.24. The molecule has 0 aliphatic carbocycles. The molecule has 2 saturated heterocycles. The number of amides is 1. The zero-order valence-corrected chi connectivity index (χ0v) is 15.4. The monoisotopic (exact) mass is 345 g/mol. The molecule has 2 aliphatic rings. The topological polar surface area (TPSA) is 69.7 Å². The van der Waals surface area contributed by atoms with Gasteiger partial charge < -0.3 is 4.90 Å². The van der Waals surface area contributed by atoms with Crippen LogP contribution in [-0.4, -0.2) is 56.3 Å². The molecule has 0 spiro atoms. The maximum absolute atomic E-state index is 12.4. The standard InChI is InChI=1S/C16H31N3O3S/c1-13-5-4-8-18(10-13)16(20)6-7-17-23(21,22)19-11-14(2)9-15(3)12-19/h13-15,17H,4-12H2,1-3H3/t13-,14-,15+/m0/s1. The molecule has 6 nitrogen and oxygen atoms in total. The number of likely N-dealkylation sites (tertiary alicyclic amines) is 1. The second kappa shape index (κ2) is 7.94. The van der Waals surface area contributed by atoms with Crippen molar-refractivity contribution < 1.29 is 13.2 Å². The lowest BCUT2D eigenvalue weighted by Crippen LogP contribution is -2.48. The summed E-state index contributed by atoms with van der Waals surface area (Å²) in [7, 11) is -3.47. The van der Waals surface area contributed by atoms with Gasteiger partial charge in [-0.2, -0.15) is 12.7 Å². The van der Waals surface area contributed by atoms with Gasteiger partial charge in [0.05, 0.1) is 0 Å². The number of hydrogen-bond donors (Lipinski definition) is 1. The van der Waals surface area contributed by atoms with Crippen LogP contribution >= 0.6 is 0 Å². The van der Waals surface area contributed by atoms with Crippen LogP contribution in [0.15, 0.2) is 0 Å². The number of nitrogens with one attached hydrogen (secondary N) is 1. The first-order chi connectivity index (χ1) is 10.8. The predicted octanol–water partition coefficient (Wildman–Crippen LogP) is 1.45. The van der Waals surface area contributed by atoms with Gasteiger partial charge in [-0.05, 0) is 37.0 Å². The normalized spacial score (nSPS) is 30.4. The first-order valence-electron chi connectivity index (χ1n) is 8.80. The Morgan fingerprint density at radius 1 is 1.09 bits per heavy atom. The highest BCUT2D eigenvalue weighted by Gasteiger charge is 2.30. The molecule has 134 valence electrons. The third-order valence-corrected chi connectivity index (χ3v) is 6.36. The Balaban J connectivity index is 1.79. The van der Waals surface area contributed by atoms with E-state index in [-0.39, 0.29) is 18.9 Å². The van der Waals surface area contributed by atoms with E-state index in [0.717, 1.165) is 25.9 Å². The van der Waals surface area contributed by atoms with Gasteiger partial charge in [0.25, 0.3) is 10.2 Å². The lowest BCUT2D eigenvalue weighted by molar-refractivity contribution is -0.132. The molecule has 0 aromatic carbocycles. The summed E-state index contributed by atoms with van der Waals surface area (Å²) in [5, 5.41) is 0. The summed E-state index contributed by atoms with van der Waals surface area (Å²) in [4.78, 5) is 14.1. The number of nitrogens with zero attached hydrogens (tertiary/aromatic N) is 2. The number of hydrogen-bond acceptors (Lipinski definition) is 3. The molecule has 7 heteroatoms. The smallest absolute Gasteiger partial charge is 0.279 e. The fraction of sp³-hybridized carbons (Fsp3) is 0.938. The molecule has 0 bridgehead atoms. The molecule has 2 fully saturated rings. The molecule has 0 saturated carbocycles. The van der Waals surface area contributed by atoms with Crippen molar-refractivity contribution in [2.75, 3.05) is 32.7 Å². The van der Waals surface area contributed by atoms with Gasteiger partial charge in [0.2, 0.25) is 5.91 Å². The van der Waals surface area contributed by atoms with Crippen LogP contribution in [0, 0.1) is 17.8 Å². The molecule has 0 aromatic heterocycles. The van der Waals surface area contributed by atoms with Gasteiger partial charge in [0.1, 0.15) is 0 Å². The fourth-order valence-corrected chi connectivity index (χ4v) is 5.20. The van der Waals surface area contributed by atoms with Crippen LogP contribution < -0.4 is 4.72 Å². The van der Waals surface area contributed by atoms with Crippen LogP contribution in [0.2, 0.25) is 0 Å². The van der Waals surface area contributed by atoms with Gasteiger partial charge in [-0.3, -0.25) is 4.79 Å². The predicted molar refractivity (Wildman–Crippen MR) is 91.0 cm³/mol. The van der Waals surface area contributed by atoms with Crippen molar-refractivity contribution in [2.24, 2.45) is 17.8 Å². The Bertz CT molecular complexity index is 499. The molecular formula is C16H31N3O3S. The third kappa shape index (κ3) is 5.43. The average molecular weight is 346 g/mol. The van der Waals surface area contributed by atoms with E-state index in [9.17, 15) is 13.2 Å². The molecule has 23 heavy (non-hydrogen) atoms. The molecule has 0 aromatic rings. The molecule has 0 unspecified atom stereocenters. The van der Waals surface area contributed by atoms with Crippen LogP contribution in [0.3, 0.4) is 0 Å². The van der Waals surface area contributed by atoms with Crippen LogP contribution in [-0.2, 0) is 15.0 Å². The summed E-state index contributed by atoms with van der Waals surface area (Å²) in [5.41, 5.74) is 0. The fourth-order valence-electron chi connectivity index (χ4n) is 3.75.